The van der Waals surface area contributed by atoms with E-state index in [9.17, 15) is 13.2 Å². The SMILES string of the molecule is Cc1ccc(S(=O)(=O)Oc2cc(=O)oc3ccccc23)cc1. The van der Waals surface area contributed by atoms with E-state index in [-0.39, 0.29) is 16.2 Å². The lowest BCUT2D eigenvalue weighted by atomic mass is 10.2. The van der Waals surface area contributed by atoms with Gasteiger partial charge in [-0.15, -0.1) is 0 Å². The highest BCUT2D eigenvalue weighted by Gasteiger charge is 2.19. The molecule has 0 aliphatic rings. The molecular weight excluding hydrogens is 304 g/mol. The van der Waals surface area contributed by atoms with Crippen molar-refractivity contribution in [3.63, 3.8) is 0 Å². The van der Waals surface area contributed by atoms with Crippen LogP contribution in [-0.2, 0) is 10.1 Å². The van der Waals surface area contributed by atoms with Crippen molar-refractivity contribution in [2.24, 2.45) is 0 Å². The summed E-state index contributed by atoms with van der Waals surface area (Å²) in [6, 6.07) is 13.9. The first-order chi connectivity index (χ1) is 10.5. The molecule has 1 heterocycles. The van der Waals surface area contributed by atoms with Gasteiger partial charge in [-0.3, -0.25) is 0 Å². The van der Waals surface area contributed by atoms with Gasteiger partial charge in [-0.2, -0.15) is 8.42 Å². The third-order valence-electron chi connectivity index (χ3n) is 3.12. The van der Waals surface area contributed by atoms with Crippen LogP contribution < -0.4 is 9.81 Å². The molecule has 2 aromatic carbocycles. The number of aryl methyl sites for hydroxylation is 1. The van der Waals surface area contributed by atoms with Gasteiger partial charge in [0.05, 0.1) is 11.5 Å². The summed E-state index contributed by atoms with van der Waals surface area (Å²) in [4.78, 5) is 11.6. The maximum Gasteiger partial charge on any atom is 0.340 e. The van der Waals surface area contributed by atoms with Crippen molar-refractivity contribution in [2.45, 2.75) is 11.8 Å². The number of hydrogen-bond donors (Lipinski definition) is 0. The maximum absolute atomic E-state index is 12.3. The average molecular weight is 316 g/mol. The predicted octanol–water partition coefficient (Wildman–Crippen LogP) is 2.87. The van der Waals surface area contributed by atoms with Crippen molar-refractivity contribution in [2.75, 3.05) is 0 Å². The molecule has 0 saturated carbocycles. The van der Waals surface area contributed by atoms with E-state index in [1.165, 1.54) is 12.1 Å². The van der Waals surface area contributed by atoms with Crippen LogP contribution in [0.1, 0.15) is 5.56 Å². The first-order valence-corrected chi connectivity index (χ1v) is 7.90. The van der Waals surface area contributed by atoms with E-state index in [0.717, 1.165) is 11.6 Å². The lowest BCUT2D eigenvalue weighted by molar-refractivity contribution is 0.482. The minimum absolute atomic E-state index is 0.0235. The summed E-state index contributed by atoms with van der Waals surface area (Å²) in [6.07, 6.45) is 0. The molecule has 112 valence electrons. The van der Waals surface area contributed by atoms with Crippen molar-refractivity contribution in [3.05, 3.63) is 70.6 Å². The van der Waals surface area contributed by atoms with Gasteiger partial charge in [-0.05, 0) is 31.2 Å². The highest BCUT2D eigenvalue weighted by atomic mass is 32.2. The Morgan fingerprint density at radius 3 is 2.41 bits per heavy atom. The molecular formula is C16H12O5S. The number of benzene rings is 2. The van der Waals surface area contributed by atoms with E-state index in [1.54, 1.807) is 36.4 Å². The monoisotopic (exact) mass is 316 g/mol. The Labute approximate surface area is 126 Å². The number of rotatable bonds is 3. The summed E-state index contributed by atoms with van der Waals surface area (Å²) < 4.78 is 34.8. The number of fused-ring (bicyclic) bond motifs is 1. The van der Waals surface area contributed by atoms with E-state index in [4.69, 9.17) is 8.60 Å². The predicted molar refractivity (Wildman–Crippen MR) is 81.5 cm³/mol. The van der Waals surface area contributed by atoms with Crippen molar-refractivity contribution in [1.82, 2.24) is 0 Å². The highest BCUT2D eigenvalue weighted by Crippen LogP contribution is 2.26. The zero-order valence-electron chi connectivity index (χ0n) is 11.6. The van der Waals surface area contributed by atoms with Crippen molar-refractivity contribution >= 4 is 21.1 Å². The van der Waals surface area contributed by atoms with E-state index >= 15 is 0 Å². The van der Waals surface area contributed by atoms with Crippen LogP contribution in [0.25, 0.3) is 11.0 Å². The van der Waals surface area contributed by atoms with Gasteiger partial charge in [-0.1, -0.05) is 29.8 Å². The van der Waals surface area contributed by atoms with Gasteiger partial charge in [0.25, 0.3) is 0 Å². The van der Waals surface area contributed by atoms with Crippen LogP contribution in [0.15, 0.2) is 68.7 Å². The quantitative estimate of drug-likeness (QED) is 0.549. The van der Waals surface area contributed by atoms with E-state index in [2.05, 4.69) is 0 Å². The minimum atomic E-state index is -4.02. The Morgan fingerprint density at radius 1 is 1.00 bits per heavy atom. The van der Waals surface area contributed by atoms with Crippen LogP contribution in [0.4, 0.5) is 0 Å². The third-order valence-corrected chi connectivity index (χ3v) is 4.37. The Morgan fingerprint density at radius 2 is 1.68 bits per heavy atom. The topological polar surface area (TPSA) is 73.6 Å². The molecule has 3 aromatic rings. The fraction of sp³-hybridized carbons (Fsp3) is 0.0625. The van der Waals surface area contributed by atoms with Crippen LogP contribution in [0.3, 0.4) is 0 Å². The summed E-state index contributed by atoms with van der Waals surface area (Å²) in [5.74, 6) is -0.0487. The molecule has 0 saturated heterocycles. The second-order valence-electron chi connectivity index (χ2n) is 4.78. The third kappa shape index (κ3) is 2.73. The van der Waals surface area contributed by atoms with Crippen molar-refractivity contribution in [3.8, 4) is 5.75 Å². The second kappa shape index (κ2) is 5.31. The lowest BCUT2D eigenvalue weighted by Gasteiger charge is -2.08. The van der Waals surface area contributed by atoms with Crippen LogP contribution >= 0.6 is 0 Å². The van der Waals surface area contributed by atoms with Crippen LogP contribution in [-0.4, -0.2) is 8.42 Å². The smallest absolute Gasteiger partial charge is 0.340 e. The number of hydrogen-bond acceptors (Lipinski definition) is 5. The molecule has 0 aliphatic heterocycles. The minimum Gasteiger partial charge on any atom is -0.422 e. The first-order valence-electron chi connectivity index (χ1n) is 6.50. The van der Waals surface area contributed by atoms with Crippen molar-refractivity contribution in [1.29, 1.82) is 0 Å². The Kier molecular flexibility index (Phi) is 3.46. The van der Waals surface area contributed by atoms with Crippen LogP contribution in [0.5, 0.6) is 5.75 Å². The summed E-state index contributed by atoms with van der Waals surface area (Å²) in [7, 11) is -4.02. The van der Waals surface area contributed by atoms with Gasteiger partial charge in [0.15, 0.2) is 5.75 Å². The summed E-state index contributed by atoms with van der Waals surface area (Å²) >= 11 is 0. The van der Waals surface area contributed by atoms with E-state index in [1.807, 2.05) is 6.92 Å². The molecule has 0 amide bonds. The average Bonchev–Trinajstić information content (AvgIpc) is 2.47. The van der Waals surface area contributed by atoms with Gasteiger partial charge in [-0.25, -0.2) is 4.79 Å². The van der Waals surface area contributed by atoms with E-state index < -0.39 is 15.7 Å². The molecule has 0 radical (unpaired) electrons. The Bertz CT molecular complexity index is 985. The Hall–Kier alpha value is -2.60. The van der Waals surface area contributed by atoms with Crippen LogP contribution in [0.2, 0.25) is 0 Å². The fourth-order valence-corrected chi connectivity index (χ4v) is 2.96. The maximum atomic E-state index is 12.3. The van der Waals surface area contributed by atoms with Gasteiger partial charge < -0.3 is 8.60 Å². The standard InChI is InChI=1S/C16H12O5S/c1-11-6-8-12(9-7-11)22(18,19)21-15-10-16(17)20-14-5-3-2-4-13(14)15/h2-10H,1H3. The highest BCUT2D eigenvalue weighted by molar-refractivity contribution is 7.87. The summed E-state index contributed by atoms with van der Waals surface area (Å²) in [5.41, 5.74) is 0.529. The summed E-state index contributed by atoms with van der Waals surface area (Å²) in [5, 5.41) is 0.415. The molecule has 0 unspecified atom stereocenters. The normalized spacial score (nSPS) is 11.5. The largest absolute Gasteiger partial charge is 0.422 e. The van der Waals surface area contributed by atoms with Gasteiger partial charge in [0, 0.05) is 0 Å². The molecule has 0 atom stereocenters. The fourth-order valence-electron chi connectivity index (χ4n) is 2.02. The molecule has 6 heteroatoms. The molecule has 0 bridgehead atoms. The zero-order valence-corrected chi connectivity index (χ0v) is 12.5. The molecule has 22 heavy (non-hydrogen) atoms. The molecule has 0 fully saturated rings. The molecule has 0 aliphatic carbocycles. The van der Waals surface area contributed by atoms with Gasteiger partial charge in [0.1, 0.15) is 10.5 Å². The first kappa shape index (κ1) is 14.3. The molecule has 0 N–H and O–H groups in total. The van der Waals surface area contributed by atoms with Gasteiger partial charge >= 0.3 is 15.7 Å². The zero-order chi connectivity index (χ0) is 15.7. The van der Waals surface area contributed by atoms with Crippen LogP contribution in [0, 0.1) is 6.92 Å². The van der Waals surface area contributed by atoms with Gasteiger partial charge in [0.2, 0.25) is 0 Å². The lowest BCUT2D eigenvalue weighted by Crippen LogP contribution is -2.11. The summed E-state index contributed by atoms with van der Waals surface area (Å²) in [6.45, 7) is 1.85. The van der Waals surface area contributed by atoms with Crippen molar-refractivity contribution < 1.29 is 17.0 Å². The van der Waals surface area contributed by atoms with E-state index in [0.29, 0.717) is 5.39 Å². The molecule has 5 nitrogen and oxygen atoms in total. The molecule has 1 aromatic heterocycles. The number of para-hydroxylation sites is 1. The Balaban J connectivity index is 2.09. The molecule has 0 spiro atoms. The second-order valence-corrected chi connectivity index (χ2v) is 6.32. The molecule has 3 rings (SSSR count).